The summed E-state index contributed by atoms with van der Waals surface area (Å²) in [5.41, 5.74) is -0.0254. The lowest BCUT2D eigenvalue weighted by Gasteiger charge is -2.24. The number of ether oxygens (including phenoxy) is 4. The maximum Gasteiger partial charge on any atom is 0.411 e. The summed E-state index contributed by atoms with van der Waals surface area (Å²) in [6.07, 6.45) is -4.66. The van der Waals surface area contributed by atoms with Crippen LogP contribution in [0.25, 0.3) is 11.2 Å². The molecule has 0 bridgehead atoms. The SMILES string of the molecule is CC1(C)O[C@@H]2C(COCC(F)(F)F)OC(n3cnc4c(=O)[nH]cnc43)[C@@H]2O1. The van der Waals surface area contributed by atoms with Crippen LogP contribution in [-0.4, -0.2) is 63.0 Å². The highest BCUT2D eigenvalue weighted by atomic mass is 19.4. The van der Waals surface area contributed by atoms with Gasteiger partial charge in [0.15, 0.2) is 23.2 Å². The lowest BCUT2D eigenvalue weighted by atomic mass is 10.1. The van der Waals surface area contributed by atoms with Crippen molar-refractivity contribution in [3.8, 4) is 0 Å². The third-order valence-electron chi connectivity index (χ3n) is 4.31. The molecule has 0 amide bonds. The van der Waals surface area contributed by atoms with Crippen LogP contribution in [-0.2, 0) is 18.9 Å². The van der Waals surface area contributed by atoms with Gasteiger partial charge in [-0.25, -0.2) is 9.97 Å². The second kappa shape index (κ2) is 6.26. The average Bonchev–Trinajstić information content (AvgIpc) is 3.19. The molecule has 9 nitrogen and oxygen atoms in total. The Balaban J connectivity index is 1.61. The Labute approximate surface area is 150 Å². The predicted octanol–water partition coefficient (Wildman–Crippen LogP) is 1.12. The van der Waals surface area contributed by atoms with Crippen LogP contribution in [0, 0.1) is 0 Å². The van der Waals surface area contributed by atoms with E-state index in [-0.39, 0.29) is 17.8 Å². The molecule has 12 heteroatoms. The molecule has 2 fully saturated rings. The second-order valence-corrected chi connectivity index (χ2v) is 6.82. The van der Waals surface area contributed by atoms with Crippen LogP contribution >= 0.6 is 0 Å². The van der Waals surface area contributed by atoms with E-state index < -0.39 is 48.7 Å². The van der Waals surface area contributed by atoms with E-state index in [1.807, 2.05) is 0 Å². The van der Waals surface area contributed by atoms with Crippen molar-refractivity contribution in [3.05, 3.63) is 23.0 Å². The Bertz CT molecular complexity index is 895. The molecule has 2 saturated heterocycles. The molecular weight excluding hydrogens is 373 g/mol. The van der Waals surface area contributed by atoms with Crippen molar-refractivity contribution in [1.29, 1.82) is 0 Å². The number of aromatic amines is 1. The maximum atomic E-state index is 12.4. The van der Waals surface area contributed by atoms with E-state index in [2.05, 4.69) is 15.0 Å². The molecule has 2 aliphatic heterocycles. The number of rotatable bonds is 4. The van der Waals surface area contributed by atoms with Crippen molar-refractivity contribution >= 4 is 11.2 Å². The summed E-state index contributed by atoms with van der Waals surface area (Å²) in [5, 5.41) is 0. The monoisotopic (exact) mass is 390 g/mol. The summed E-state index contributed by atoms with van der Waals surface area (Å²) in [5.74, 6) is -0.944. The van der Waals surface area contributed by atoms with Gasteiger partial charge >= 0.3 is 6.18 Å². The minimum Gasteiger partial charge on any atom is -0.369 e. The fraction of sp³-hybridized carbons (Fsp3) is 0.667. The highest BCUT2D eigenvalue weighted by Crippen LogP contribution is 2.43. The van der Waals surface area contributed by atoms with Gasteiger partial charge in [0.1, 0.15) is 24.9 Å². The number of nitrogens with zero attached hydrogens (tertiary/aromatic N) is 3. The summed E-state index contributed by atoms with van der Waals surface area (Å²) in [7, 11) is 0. The zero-order valence-electron chi connectivity index (χ0n) is 14.4. The van der Waals surface area contributed by atoms with Crippen molar-refractivity contribution in [2.24, 2.45) is 0 Å². The molecule has 2 aromatic rings. The molecular formula is C15H17F3N4O5. The molecule has 0 saturated carbocycles. The number of hydrogen-bond acceptors (Lipinski definition) is 7. The molecule has 4 atom stereocenters. The van der Waals surface area contributed by atoms with Crippen LogP contribution in [0.3, 0.4) is 0 Å². The van der Waals surface area contributed by atoms with Gasteiger partial charge in [-0.05, 0) is 13.8 Å². The zero-order chi connectivity index (χ0) is 19.4. The largest absolute Gasteiger partial charge is 0.411 e. The molecule has 0 radical (unpaired) electrons. The van der Waals surface area contributed by atoms with Gasteiger partial charge in [0.05, 0.1) is 19.3 Å². The molecule has 0 aromatic carbocycles. The summed E-state index contributed by atoms with van der Waals surface area (Å²) in [6.45, 7) is 1.69. The predicted molar refractivity (Wildman–Crippen MR) is 82.8 cm³/mol. The van der Waals surface area contributed by atoms with Crippen LogP contribution in [0.1, 0.15) is 20.1 Å². The Morgan fingerprint density at radius 2 is 2.04 bits per heavy atom. The first-order valence-corrected chi connectivity index (χ1v) is 8.20. The normalized spacial score (nSPS) is 30.1. The van der Waals surface area contributed by atoms with Crippen molar-refractivity contribution in [1.82, 2.24) is 19.5 Å². The standard InChI is InChI=1S/C15H17F3N4O5/c1-14(2)26-9-7(3-24-4-15(16,17)18)25-13(10(9)27-14)22-6-21-8-11(22)19-5-20-12(8)23/h5-7,9-10,13H,3-4H2,1-2H3,(H,19,20,23)/t7?,9-,10-,13?/m1/s1. The van der Waals surface area contributed by atoms with Crippen molar-refractivity contribution in [3.63, 3.8) is 0 Å². The molecule has 0 aliphatic carbocycles. The molecule has 2 unspecified atom stereocenters. The first-order chi connectivity index (χ1) is 12.6. The lowest BCUT2D eigenvalue weighted by Crippen LogP contribution is -2.34. The quantitative estimate of drug-likeness (QED) is 0.835. The third-order valence-corrected chi connectivity index (χ3v) is 4.31. The first-order valence-electron chi connectivity index (χ1n) is 8.20. The van der Waals surface area contributed by atoms with Crippen molar-refractivity contribution in [2.75, 3.05) is 13.2 Å². The van der Waals surface area contributed by atoms with Gasteiger partial charge in [-0.15, -0.1) is 0 Å². The molecule has 2 aliphatic rings. The summed E-state index contributed by atoms with van der Waals surface area (Å²) in [6, 6.07) is 0. The number of imidazole rings is 1. The minimum absolute atomic E-state index is 0.118. The number of fused-ring (bicyclic) bond motifs is 2. The molecule has 1 N–H and O–H groups in total. The van der Waals surface area contributed by atoms with Crippen LogP contribution in [0.2, 0.25) is 0 Å². The summed E-state index contributed by atoms with van der Waals surface area (Å²) in [4.78, 5) is 22.4. The maximum absolute atomic E-state index is 12.4. The fourth-order valence-electron chi connectivity index (χ4n) is 3.36. The second-order valence-electron chi connectivity index (χ2n) is 6.82. The lowest BCUT2D eigenvalue weighted by molar-refractivity contribution is -0.212. The number of H-pyrrole nitrogens is 1. The average molecular weight is 390 g/mol. The van der Waals surface area contributed by atoms with Gasteiger partial charge in [-0.3, -0.25) is 9.36 Å². The van der Waals surface area contributed by atoms with Gasteiger partial charge in [0.2, 0.25) is 0 Å². The van der Waals surface area contributed by atoms with Crippen LogP contribution < -0.4 is 5.56 Å². The molecule has 0 spiro atoms. The van der Waals surface area contributed by atoms with Crippen LogP contribution in [0.5, 0.6) is 0 Å². The van der Waals surface area contributed by atoms with Gasteiger partial charge in [-0.1, -0.05) is 0 Å². The topological polar surface area (TPSA) is 100 Å². The summed E-state index contributed by atoms with van der Waals surface area (Å²) >= 11 is 0. The van der Waals surface area contributed by atoms with Crippen molar-refractivity contribution < 1.29 is 32.1 Å². The number of aromatic nitrogens is 4. The molecule has 4 heterocycles. The fourth-order valence-corrected chi connectivity index (χ4v) is 3.36. The smallest absolute Gasteiger partial charge is 0.369 e. The Morgan fingerprint density at radius 1 is 1.30 bits per heavy atom. The molecule has 27 heavy (non-hydrogen) atoms. The van der Waals surface area contributed by atoms with E-state index in [9.17, 15) is 18.0 Å². The van der Waals surface area contributed by atoms with E-state index in [4.69, 9.17) is 18.9 Å². The van der Waals surface area contributed by atoms with Crippen LogP contribution in [0.15, 0.2) is 17.4 Å². The highest BCUT2D eigenvalue weighted by Gasteiger charge is 2.56. The Morgan fingerprint density at radius 3 is 2.78 bits per heavy atom. The first kappa shape index (κ1) is 18.3. The summed E-state index contributed by atoms with van der Waals surface area (Å²) < 4.78 is 60.9. The van der Waals surface area contributed by atoms with Gasteiger partial charge in [-0.2, -0.15) is 13.2 Å². The van der Waals surface area contributed by atoms with E-state index >= 15 is 0 Å². The molecule has 2 aromatic heterocycles. The highest BCUT2D eigenvalue weighted by molar-refractivity contribution is 5.68. The van der Waals surface area contributed by atoms with E-state index in [1.165, 1.54) is 17.2 Å². The number of nitrogens with one attached hydrogen (secondary N) is 1. The van der Waals surface area contributed by atoms with E-state index in [1.54, 1.807) is 13.8 Å². The minimum atomic E-state index is -4.44. The van der Waals surface area contributed by atoms with Crippen molar-refractivity contribution in [2.45, 2.75) is 50.4 Å². The molecule has 148 valence electrons. The van der Waals surface area contributed by atoms with E-state index in [0.29, 0.717) is 0 Å². The van der Waals surface area contributed by atoms with Crippen LogP contribution in [0.4, 0.5) is 13.2 Å². The number of halogens is 3. The van der Waals surface area contributed by atoms with Gasteiger partial charge in [0.25, 0.3) is 5.56 Å². The Hall–Kier alpha value is -2.02. The van der Waals surface area contributed by atoms with E-state index in [0.717, 1.165) is 0 Å². The zero-order valence-corrected chi connectivity index (χ0v) is 14.4. The molecule has 4 rings (SSSR count). The number of hydrogen-bond donors (Lipinski definition) is 1. The van der Waals surface area contributed by atoms with Gasteiger partial charge < -0.3 is 23.9 Å². The Kier molecular flexibility index (Phi) is 4.25. The third kappa shape index (κ3) is 3.45. The van der Waals surface area contributed by atoms with Gasteiger partial charge in [0, 0.05) is 0 Å². The number of alkyl halides is 3.